The molecular formula is C76H140O6. The van der Waals surface area contributed by atoms with E-state index in [0.29, 0.717) is 19.3 Å². The van der Waals surface area contributed by atoms with Gasteiger partial charge in [-0.15, -0.1) is 0 Å². The predicted octanol–water partition coefficient (Wildman–Crippen LogP) is 25.3. The molecule has 0 radical (unpaired) electrons. The molecule has 480 valence electrons. The van der Waals surface area contributed by atoms with E-state index in [0.717, 1.165) is 83.5 Å². The molecule has 0 aromatic rings. The van der Waals surface area contributed by atoms with Crippen molar-refractivity contribution in [2.75, 3.05) is 13.2 Å². The average molecular weight is 1150 g/mol. The lowest BCUT2D eigenvalue weighted by atomic mass is 10.0. The smallest absolute Gasteiger partial charge is 0.306 e. The van der Waals surface area contributed by atoms with Gasteiger partial charge in [0.25, 0.3) is 0 Å². The number of esters is 3. The Balaban J connectivity index is 4.28. The maximum atomic E-state index is 13.0. The van der Waals surface area contributed by atoms with Crippen molar-refractivity contribution in [2.45, 2.75) is 406 Å². The van der Waals surface area contributed by atoms with E-state index in [1.54, 1.807) is 0 Å². The third-order valence-electron chi connectivity index (χ3n) is 16.6. The number of allylic oxidation sites excluding steroid dienone is 8. The van der Waals surface area contributed by atoms with Crippen molar-refractivity contribution in [3.63, 3.8) is 0 Å². The second-order valence-corrected chi connectivity index (χ2v) is 24.8. The van der Waals surface area contributed by atoms with Gasteiger partial charge in [-0.25, -0.2) is 0 Å². The number of carbonyl (C=O) groups excluding carboxylic acids is 3. The van der Waals surface area contributed by atoms with Crippen LogP contribution in [0.5, 0.6) is 0 Å². The summed E-state index contributed by atoms with van der Waals surface area (Å²) in [4.78, 5) is 38.5. The van der Waals surface area contributed by atoms with Gasteiger partial charge in [0, 0.05) is 19.3 Å². The second kappa shape index (κ2) is 70.9. The molecule has 0 saturated heterocycles. The van der Waals surface area contributed by atoms with Gasteiger partial charge in [-0.3, -0.25) is 14.4 Å². The van der Waals surface area contributed by atoms with Crippen LogP contribution >= 0.6 is 0 Å². The summed E-state index contributed by atoms with van der Waals surface area (Å²) >= 11 is 0. The van der Waals surface area contributed by atoms with Crippen LogP contribution in [0.3, 0.4) is 0 Å². The number of rotatable bonds is 68. The third kappa shape index (κ3) is 68.2. The summed E-state index contributed by atoms with van der Waals surface area (Å²) in [5.41, 5.74) is 0. The van der Waals surface area contributed by atoms with E-state index >= 15 is 0 Å². The van der Waals surface area contributed by atoms with Crippen LogP contribution in [-0.2, 0) is 28.6 Å². The number of unbranched alkanes of at least 4 members (excludes halogenated alkanes) is 49. The first-order valence-corrected chi connectivity index (χ1v) is 36.6. The van der Waals surface area contributed by atoms with E-state index in [9.17, 15) is 14.4 Å². The molecule has 0 aromatic heterocycles. The lowest BCUT2D eigenvalue weighted by Gasteiger charge is -2.18. The molecule has 0 aliphatic rings. The Morgan fingerprint density at radius 1 is 0.256 bits per heavy atom. The number of hydrogen-bond acceptors (Lipinski definition) is 6. The maximum absolute atomic E-state index is 13.0. The molecule has 0 aliphatic heterocycles. The first-order chi connectivity index (χ1) is 40.5. The minimum absolute atomic E-state index is 0.0687. The SMILES string of the molecule is CC/C=C\C/C=C\C/C=C\C/C=C\CCCCCCCCCCCCC(=O)OC(COC(=O)CCCCCCCCCCCCCCCCCC)COC(=O)CCCCCCCCCCCCCCCCCCCCCCCCCCC. The maximum Gasteiger partial charge on any atom is 0.306 e. The van der Waals surface area contributed by atoms with E-state index in [1.807, 2.05) is 0 Å². The highest BCUT2D eigenvalue weighted by molar-refractivity contribution is 5.71. The van der Waals surface area contributed by atoms with Crippen molar-refractivity contribution >= 4 is 17.9 Å². The van der Waals surface area contributed by atoms with Gasteiger partial charge in [-0.05, 0) is 57.8 Å². The van der Waals surface area contributed by atoms with Crippen LogP contribution in [0.15, 0.2) is 48.6 Å². The van der Waals surface area contributed by atoms with E-state index in [1.165, 1.54) is 276 Å². The molecule has 6 nitrogen and oxygen atoms in total. The summed E-state index contributed by atoms with van der Waals surface area (Å²) in [6.07, 6.45) is 90.0. The third-order valence-corrected chi connectivity index (χ3v) is 16.6. The Hall–Kier alpha value is -2.63. The highest BCUT2D eigenvalue weighted by atomic mass is 16.6. The topological polar surface area (TPSA) is 78.9 Å². The minimum atomic E-state index is -0.774. The molecule has 0 rings (SSSR count). The quantitative estimate of drug-likeness (QED) is 0.0261. The second-order valence-electron chi connectivity index (χ2n) is 24.8. The molecule has 6 heteroatoms. The number of ether oxygens (including phenoxy) is 3. The van der Waals surface area contributed by atoms with Crippen molar-refractivity contribution in [1.82, 2.24) is 0 Å². The minimum Gasteiger partial charge on any atom is -0.462 e. The largest absolute Gasteiger partial charge is 0.462 e. The Morgan fingerprint density at radius 2 is 0.476 bits per heavy atom. The molecule has 0 bridgehead atoms. The molecule has 0 aromatic carbocycles. The lowest BCUT2D eigenvalue weighted by Crippen LogP contribution is -2.30. The normalized spacial score (nSPS) is 12.3. The summed E-state index contributed by atoms with van der Waals surface area (Å²) in [5.74, 6) is -0.841. The van der Waals surface area contributed by atoms with Crippen LogP contribution in [0.1, 0.15) is 400 Å². The summed E-state index contributed by atoms with van der Waals surface area (Å²) < 4.78 is 17.0. The zero-order chi connectivity index (χ0) is 59.2. The Labute approximate surface area is 511 Å². The fraction of sp³-hybridized carbons (Fsp3) is 0.855. The van der Waals surface area contributed by atoms with Crippen LogP contribution in [-0.4, -0.2) is 37.2 Å². The van der Waals surface area contributed by atoms with Gasteiger partial charge < -0.3 is 14.2 Å². The summed E-state index contributed by atoms with van der Waals surface area (Å²) in [7, 11) is 0. The standard InChI is InChI=1S/C76H140O6/c1-4-7-10-13-16-19-22-25-28-31-33-35-37-38-40-41-43-45-48-51-54-57-60-63-66-69-75(78)81-72-73(71-80-74(77)68-65-62-59-56-53-50-47-30-27-24-21-18-15-12-9-6-3)82-76(79)70-67-64-61-58-55-52-49-46-44-42-39-36-34-32-29-26-23-20-17-14-11-8-5-2/h8,11,17,20,26,29,34,36,73H,4-7,9-10,12-16,18-19,21-25,27-28,30-33,35,37-72H2,1-3H3/b11-8-,20-17-,29-26-,36-34-. The molecular weight excluding hydrogens is 1010 g/mol. The molecule has 0 N–H and O–H groups in total. The molecule has 0 heterocycles. The fourth-order valence-electron chi connectivity index (χ4n) is 11.1. The zero-order valence-corrected chi connectivity index (χ0v) is 55.3. The van der Waals surface area contributed by atoms with Crippen LogP contribution in [0.25, 0.3) is 0 Å². The Kier molecular flexibility index (Phi) is 68.6. The van der Waals surface area contributed by atoms with E-state index in [-0.39, 0.29) is 31.1 Å². The van der Waals surface area contributed by atoms with Gasteiger partial charge in [0.1, 0.15) is 13.2 Å². The molecule has 0 amide bonds. The van der Waals surface area contributed by atoms with Gasteiger partial charge in [0.05, 0.1) is 0 Å². The number of carbonyl (C=O) groups is 3. The van der Waals surface area contributed by atoms with Gasteiger partial charge in [-0.1, -0.05) is 371 Å². The molecule has 1 atom stereocenters. The van der Waals surface area contributed by atoms with Gasteiger partial charge in [0.15, 0.2) is 6.10 Å². The van der Waals surface area contributed by atoms with Gasteiger partial charge in [-0.2, -0.15) is 0 Å². The van der Waals surface area contributed by atoms with Crippen LogP contribution in [0, 0.1) is 0 Å². The molecule has 0 saturated carbocycles. The summed E-state index contributed by atoms with van der Waals surface area (Å²) in [5, 5.41) is 0. The van der Waals surface area contributed by atoms with Crippen molar-refractivity contribution in [3.8, 4) is 0 Å². The van der Waals surface area contributed by atoms with Crippen molar-refractivity contribution in [1.29, 1.82) is 0 Å². The van der Waals surface area contributed by atoms with Gasteiger partial charge in [0.2, 0.25) is 0 Å². The molecule has 82 heavy (non-hydrogen) atoms. The zero-order valence-electron chi connectivity index (χ0n) is 55.3. The Morgan fingerprint density at radius 3 is 0.744 bits per heavy atom. The van der Waals surface area contributed by atoms with E-state index < -0.39 is 6.10 Å². The van der Waals surface area contributed by atoms with Crippen LogP contribution < -0.4 is 0 Å². The van der Waals surface area contributed by atoms with E-state index in [2.05, 4.69) is 69.4 Å². The summed E-state index contributed by atoms with van der Waals surface area (Å²) in [6, 6.07) is 0. The van der Waals surface area contributed by atoms with Crippen molar-refractivity contribution < 1.29 is 28.6 Å². The Bertz CT molecular complexity index is 1410. The highest BCUT2D eigenvalue weighted by Crippen LogP contribution is 2.19. The van der Waals surface area contributed by atoms with Crippen molar-refractivity contribution in [2.24, 2.45) is 0 Å². The van der Waals surface area contributed by atoms with Gasteiger partial charge >= 0.3 is 17.9 Å². The average Bonchev–Trinajstić information content (AvgIpc) is 3.47. The molecule has 0 spiro atoms. The fourth-order valence-corrected chi connectivity index (χ4v) is 11.1. The molecule has 1 unspecified atom stereocenters. The molecule has 0 fully saturated rings. The first-order valence-electron chi connectivity index (χ1n) is 36.6. The monoisotopic (exact) mass is 1150 g/mol. The highest BCUT2D eigenvalue weighted by Gasteiger charge is 2.19. The lowest BCUT2D eigenvalue weighted by molar-refractivity contribution is -0.167. The first kappa shape index (κ1) is 79.4. The number of hydrogen-bond donors (Lipinski definition) is 0. The van der Waals surface area contributed by atoms with E-state index in [4.69, 9.17) is 14.2 Å². The summed E-state index contributed by atoms with van der Waals surface area (Å²) in [6.45, 7) is 6.61. The predicted molar refractivity (Wildman–Crippen MR) is 358 cm³/mol. The van der Waals surface area contributed by atoms with Crippen LogP contribution in [0.2, 0.25) is 0 Å². The van der Waals surface area contributed by atoms with Crippen LogP contribution in [0.4, 0.5) is 0 Å². The molecule has 0 aliphatic carbocycles. The van der Waals surface area contributed by atoms with Crippen molar-refractivity contribution in [3.05, 3.63) is 48.6 Å².